The van der Waals surface area contributed by atoms with E-state index >= 15 is 0 Å². The van der Waals surface area contributed by atoms with Crippen molar-refractivity contribution in [3.63, 3.8) is 0 Å². The molecule has 17 heavy (non-hydrogen) atoms. The van der Waals surface area contributed by atoms with Gasteiger partial charge in [-0.1, -0.05) is 0 Å². The first kappa shape index (κ1) is 12.8. The summed E-state index contributed by atoms with van der Waals surface area (Å²) in [5.41, 5.74) is 0. The van der Waals surface area contributed by atoms with Gasteiger partial charge in [0.25, 0.3) is 0 Å². The van der Waals surface area contributed by atoms with Crippen LogP contribution in [-0.2, 0) is 14.3 Å². The lowest BCUT2D eigenvalue weighted by Crippen LogP contribution is -2.50. The maximum atomic E-state index is 11.1. The largest absolute Gasteiger partial charge is 0.469 e. The Morgan fingerprint density at radius 3 is 2.71 bits per heavy atom. The highest BCUT2D eigenvalue weighted by molar-refractivity contribution is 5.69. The quantitative estimate of drug-likeness (QED) is 0.647. The molecule has 0 aromatic rings. The van der Waals surface area contributed by atoms with E-state index in [1.165, 1.54) is 13.5 Å². The fourth-order valence-electron chi connectivity index (χ4n) is 2.51. The number of carbonyl (C=O) groups excluding carboxylic acids is 1. The van der Waals surface area contributed by atoms with Crippen LogP contribution in [0.3, 0.4) is 0 Å². The number of hydrogen-bond acceptors (Lipinski definition) is 5. The third kappa shape index (κ3) is 3.66. The molecule has 1 atom stereocenters. The molecular formula is C12H22N2O3. The Morgan fingerprint density at radius 1 is 1.35 bits per heavy atom. The summed E-state index contributed by atoms with van der Waals surface area (Å²) in [5.74, 6) is -0.114. The third-order valence-electron chi connectivity index (χ3n) is 3.69. The van der Waals surface area contributed by atoms with Crippen molar-refractivity contribution in [3.8, 4) is 0 Å². The van der Waals surface area contributed by atoms with E-state index < -0.39 is 0 Å². The summed E-state index contributed by atoms with van der Waals surface area (Å²) in [5, 5.41) is 0. The number of esters is 1. The molecule has 1 unspecified atom stereocenters. The first-order valence-electron chi connectivity index (χ1n) is 6.40. The molecule has 0 bridgehead atoms. The molecule has 0 amide bonds. The molecule has 2 aliphatic rings. The second kappa shape index (κ2) is 6.33. The molecule has 0 spiro atoms. The number of nitrogens with zero attached hydrogens (tertiary/aromatic N) is 2. The molecule has 5 heteroatoms. The number of methoxy groups -OCH3 is 1. The van der Waals surface area contributed by atoms with E-state index in [1.807, 2.05) is 0 Å². The zero-order valence-electron chi connectivity index (χ0n) is 10.6. The van der Waals surface area contributed by atoms with Gasteiger partial charge in [-0.2, -0.15) is 0 Å². The summed E-state index contributed by atoms with van der Waals surface area (Å²) in [6.07, 6.45) is 1.67. The van der Waals surface area contributed by atoms with Gasteiger partial charge >= 0.3 is 5.97 Å². The number of rotatable bonds is 4. The van der Waals surface area contributed by atoms with Crippen molar-refractivity contribution in [2.45, 2.75) is 18.9 Å². The Kier molecular flexibility index (Phi) is 4.76. The fraction of sp³-hybridized carbons (Fsp3) is 0.917. The Balaban J connectivity index is 1.65. The van der Waals surface area contributed by atoms with Gasteiger partial charge in [0.05, 0.1) is 20.1 Å². The van der Waals surface area contributed by atoms with Crippen LogP contribution < -0.4 is 0 Å². The predicted molar refractivity (Wildman–Crippen MR) is 63.9 cm³/mol. The Hall–Kier alpha value is -0.650. The smallest absolute Gasteiger partial charge is 0.306 e. The first-order chi connectivity index (χ1) is 8.29. The molecule has 0 aromatic carbocycles. The minimum Gasteiger partial charge on any atom is -0.469 e. The van der Waals surface area contributed by atoms with Crippen LogP contribution in [0.1, 0.15) is 12.8 Å². The molecular weight excluding hydrogens is 220 g/mol. The molecule has 2 saturated heterocycles. The highest BCUT2D eigenvalue weighted by Crippen LogP contribution is 2.14. The standard InChI is InChI=1S/C12H22N2O3/c1-16-12(15)2-4-13-5-7-14(8-6-13)11-3-9-17-10-11/h11H,2-10H2,1H3. The van der Waals surface area contributed by atoms with E-state index in [0.717, 1.165) is 45.9 Å². The van der Waals surface area contributed by atoms with E-state index in [1.54, 1.807) is 0 Å². The van der Waals surface area contributed by atoms with Crippen LogP contribution in [-0.4, -0.2) is 74.9 Å². The molecule has 0 aliphatic carbocycles. The molecule has 2 fully saturated rings. The monoisotopic (exact) mass is 242 g/mol. The van der Waals surface area contributed by atoms with Crippen molar-refractivity contribution in [2.24, 2.45) is 0 Å². The topological polar surface area (TPSA) is 42.0 Å². The van der Waals surface area contributed by atoms with E-state index in [9.17, 15) is 4.79 Å². The average molecular weight is 242 g/mol. The van der Waals surface area contributed by atoms with E-state index in [2.05, 4.69) is 14.5 Å². The van der Waals surface area contributed by atoms with Gasteiger partial charge in [-0.25, -0.2) is 0 Å². The van der Waals surface area contributed by atoms with Gasteiger partial charge in [0.1, 0.15) is 0 Å². The summed E-state index contributed by atoms with van der Waals surface area (Å²) in [4.78, 5) is 15.9. The van der Waals surface area contributed by atoms with Gasteiger partial charge in [-0.05, 0) is 6.42 Å². The number of piperazine rings is 1. The Labute approximate surface area is 103 Å². The normalized spacial score (nSPS) is 27.2. The Morgan fingerprint density at radius 2 is 2.12 bits per heavy atom. The van der Waals surface area contributed by atoms with Crippen molar-refractivity contribution in [2.75, 3.05) is 53.0 Å². The number of carbonyl (C=O) groups is 1. The van der Waals surface area contributed by atoms with Crippen molar-refractivity contribution in [3.05, 3.63) is 0 Å². The van der Waals surface area contributed by atoms with Crippen LogP contribution in [0.25, 0.3) is 0 Å². The molecule has 0 saturated carbocycles. The molecule has 2 heterocycles. The summed E-state index contributed by atoms with van der Waals surface area (Å²) in [6, 6.07) is 0.623. The van der Waals surface area contributed by atoms with Crippen LogP contribution >= 0.6 is 0 Å². The minimum absolute atomic E-state index is 0.114. The van der Waals surface area contributed by atoms with E-state index in [-0.39, 0.29) is 5.97 Å². The van der Waals surface area contributed by atoms with E-state index in [0.29, 0.717) is 12.5 Å². The summed E-state index contributed by atoms with van der Waals surface area (Å²) >= 11 is 0. The van der Waals surface area contributed by atoms with Crippen LogP contribution in [0.4, 0.5) is 0 Å². The van der Waals surface area contributed by atoms with E-state index in [4.69, 9.17) is 4.74 Å². The van der Waals surface area contributed by atoms with Gasteiger partial charge in [0.15, 0.2) is 0 Å². The summed E-state index contributed by atoms with van der Waals surface area (Å²) in [7, 11) is 1.44. The maximum Gasteiger partial charge on any atom is 0.306 e. The molecule has 2 rings (SSSR count). The van der Waals surface area contributed by atoms with Gasteiger partial charge in [0, 0.05) is 45.4 Å². The van der Waals surface area contributed by atoms with Crippen molar-refractivity contribution in [1.29, 1.82) is 0 Å². The molecule has 2 aliphatic heterocycles. The third-order valence-corrected chi connectivity index (χ3v) is 3.69. The second-order valence-electron chi connectivity index (χ2n) is 4.72. The van der Waals surface area contributed by atoms with Gasteiger partial charge in [-0.3, -0.25) is 9.69 Å². The maximum absolute atomic E-state index is 11.1. The summed E-state index contributed by atoms with van der Waals surface area (Å²) in [6.45, 7) is 6.91. The highest BCUT2D eigenvalue weighted by Gasteiger charge is 2.26. The van der Waals surface area contributed by atoms with Gasteiger partial charge < -0.3 is 14.4 Å². The average Bonchev–Trinajstić information content (AvgIpc) is 2.90. The molecule has 5 nitrogen and oxygen atoms in total. The van der Waals surface area contributed by atoms with Crippen LogP contribution in [0.5, 0.6) is 0 Å². The lowest BCUT2D eigenvalue weighted by Gasteiger charge is -2.37. The van der Waals surface area contributed by atoms with Crippen LogP contribution in [0, 0.1) is 0 Å². The second-order valence-corrected chi connectivity index (χ2v) is 4.72. The summed E-state index contributed by atoms with van der Waals surface area (Å²) < 4.78 is 10.1. The Bertz CT molecular complexity index is 246. The highest BCUT2D eigenvalue weighted by atomic mass is 16.5. The molecule has 0 radical (unpaired) electrons. The fourth-order valence-corrected chi connectivity index (χ4v) is 2.51. The van der Waals surface area contributed by atoms with Crippen LogP contribution in [0.2, 0.25) is 0 Å². The molecule has 0 aromatic heterocycles. The molecule has 0 N–H and O–H groups in total. The van der Waals surface area contributed by atoms with Gasteiger partial charge in [-0.15, -0.1) is 0 Å². The van der Waals surface area contributed by atoms with Crippen LogP contribution in [0.15, 0.2) is 0 Å². The SMILES string of the molecule is COC(=O)CCN1CCN(C2CCOC2)CC1. The molecule has 98 valence electrons. The number of ether oxygens (including phenoxy) is 2. The lowest BCUT2D eigenvalue weighted by molar-refractivity contribution is -0.141. The first-order valence-corrected chi connectivity index (χ1v) is 6.40. The number of hydrogen-bond donors (Lipinski definition) is 0. The van der Waals surface area contributed by atoms with Crippen molar-refractivity contribution >= 4 is 5.97 Å². The lowest BCUT2D eigenvalue weighted by atomic mass is 10.2. The zero-order valence-corrected chi connectivity index (χ0v) is 10.6. The zero-order chi connectivity index (χ0) is 12.1. The van der Waals surface area contributed by atoms with Crippen molar-refractivity contribution < 1.29 is 14.3 Å². The van der Waals surface area contributed by atoms with Gasteiger partial charge in [0.2, 0.25) is 0 Å². The van der Waals surface area contributed by atoms with Crippen molar-refractivity contribution in [1.82, 2.24) is 9.80 Å². The minimum atomic E-state index is -0.114. The predicted octanol–water partition coefficient (Wildman–Crippen LogP) is -0.0440.